The largest absolute Gasteiger partial charge is 0.418 e. The number of nitrogens with one attached hydrogen (secondary N) is 1. The van der Waals surface area contributed by atoms with Crippen molar-refractivity contribution in [1.82, 2.24) is 9.97 Å². The number of H-pyrrole nitrogens is 1. The van der Waals surface area contributed by atoms with Crippen LogP contribution in [0, 0.1) is 5.92 Å². The molecule has 176 valence electrons. The van der Waals surface area contributed by atoms with Crippen molar-refractivity contribution >= 4 is 17.1 Å². The number of halogens is 8. The third kappa shape index (κ3) is 5.04. The molecule has 10 heteroatoms. The molecule has 3 aromatic rings. The minimum Gasteiger partial charge on any atom is -0.338 e. The van der Waals surface area contributed by atoms with Gasteiger partial charge in [0.2, 0.25) is 5.92 Å². The molecule has 4 rings (SSSR count). The van der Waals surface area contributed by atoms with E-state index in [1.807, 2.05) is 0 Å². The monoisotopic (exact) mass is 474 g/mol. The van der Waals surface area contributed by atoms with Crippen molar-refractivity contribution in [3.05, 3.63) is 59.4 Å². The Kier molecular flexibility index (Phi) is 5.74. The highest BCUT2D eigenvalue weighted by Gasteiger charge is 2.37. The summed E-state index contributed by atoms with van der Waals surface area (Å²) < 4.78 is 108. The Labute approximate surface area is 183 Å². The van der Waals surface area contributed by atoms with E-state index in [2.05, 4.69) is 9.97 Å². The second-order valence-corrected chi connectivity index (χ2v) is 8.14. The summed E-state index contributed by atoms with van der Waals surface area (Å²) in [5.41, 5.74) is -3.35. The summed E-state index contributed by atoms with van der Waals surface area (Å²) in [5.74, 6) is -2.79. The number of hydrogen-bond acceptors (Lipinski definition) is 1. The smallest absolute Gasteiger partial charge is 0.338 e. The van der Waals surface area contributed by atoms with Gasteiger partial charge in [-0.3, -0.25) is 0 Å². The van der Waals surface area contributed by atoms with Gasteiger partial charge in [-0.1, -0.05) is 24.3 Å². The highest BCUT2D eigenvalue weighted by Crippen LogP contribution is 2.42. The maximum Gasteiger partial charge on any atom is 0.418 e. The maximum atomic E-state index is 13.7. The van der Waals surface area contributed by atoms with Crippen molar-refractivity contribution in [2.24, 2.45) is 5.92 Å². The van der Waals surface area contributed by atoms with Gasteiger partial charge in [-0.2, -0.15) is 26.3 Å². The van der Waals surface area contributed by atoms with Crippen molar-refractivity contribution in [3.8, 4) is 11.1 Å². The van der Waals surface area contributed by atoms with Crippen LogP contribution in [0.1, 0.15) is 42.6 Å². The predicted octanol–water partition coefficient (Wildman–Crippen LogP) is 8.11. The first-order valence-electron chi connectivity index (χ1n) is 10.2. The zero-order valence-electron chi connectivity index (χ0n) is 17.0. The SMILES string of the molecule is FC1(F)CCC(/C=C/c2nc3c(C(F)(F)F)cc(-c4ccccc4C(F)(F)F)cc3[nH]2)CC1. The topological polar surface area (TPSA) is 28.7 Å². The molecular formula is C23H18F8N2. The van der Waals surface area contributed by atoms with Crippen molar-refractivity contribution in [1.29, 1.82) is 0 Å². The van der Waals surface area contributed by atoms with E-state index < -0.39 is 34.9 Å². The molecule has 0 bridgehead atoms. The first-order valence-corrected chi connectivity index (χ1v) is 10.2. The van der Waals surface area contributed by atoms with Crippen LogP contribution in [0.3, 0.4) is 0 Å². The molecule has 2 nitrogen and oxygen atoms in total. The zero-order chi connectivity index (χ0) is 24.0. The summed E-state index contributed by atoms with van der Waals surface area (Å²) in [7, 11) is 0. The first kappa shape index (κ1) is 23.3. The fraction of sp³-hybridized carbons (Fsp3) is 0.348. The van der Waals surface area contributed by atoms with Gasteiger partial charge in [-0.25, -0.2) is 13.8 Å². The molecule has 0 unspecified atom stereocenters. The first-order chi connectivity index (χ1) is 15.3. The minimum atomic E-state index is -4.85. The van der Waals surface area contributed by atoms with E-state index in [0.717, 1.165) is 18.2 Å². The van der Waals surface area contributed by atoms with Crippen LogP contribution in [0.2, 0.25) is 0 Å². The summed E-state index contributed by atoms with van der Waals surface area (Å²) >= 11 is 0. The lowest BCUT2D eigenvalue weighted by atomic mass is 9.86. The molecule has 1 aliphatic rings. The number of allylic oxidation sites excluding steroid dienone is 1. The standard InChI is InChI=1S/C23H18F8N2/c24-21(25)9-7-13(8-10-21)5-6-19-32-18-12-14(11-17(20(18)33-19)23(29,30)31)15-3-1-2-4-16(15)22(26,27)28/h1-6,11-13H,7-10H2,(H,32,33)/b6-5+. The Hall–Kier alpha value is -2.91. The molecule has 2 aromatic carbocycles. The Morgan fingerprint density at radius 3 is 2.18 bits per heavy atom. The average molecular weight is 474 g/mol. The summed E-state index contributed by atoms with van der Waals surface area (Å²) in [6, 6.07) is 6.25. The van der Waals surface area contributed by atoms with Crippen LogP contribution in [0.15, 0.2) is 42.5 Å². The van der Waals surface area contributed by atoms with Crippen LogP contribution in [0.4, 0.5) is 35.1 Å². The Morgan fingerprint density at radius 2 is 1.55 bits per heavy atom. The normalized spacial score (nSPS) is 17.8. The molecule has 1 aliphatic carbocycles. The molecule has 0 spiro atoms. The van der Waals surface area contributed by atoms with Gasteiger partial charge in [-0.15, -0.1) is 0 Å². The molecule has 0 saturated heterocycles. The Morgan fingerprint density at radius 1 is 0.909 bits per heavy atom. The minimum absolute atomic E-state index is 0.0640. The van der Waals surface area contributed by atoms with E-state index in [4.69, 9.17) is 0 Å². The molecule has 1 fully saturated rings. The lowest BCUT2D eigenvalue weighted by molar-refractivity contribution is -0.137. The molecule has 0 amide bonds. The molecular weight excluding hydrogens is 456 g/mol. The van der Waals surface area contributed by atoms with Gasteiger partial charge in [0.15, 0.2) is 0 Å². The fourth-order valence-electron chi connectivity index (χ4n) is 4.05. The number of benzene rings is 2. The van der Waals surface area contributed by atoms with Crippen LogP contribution >= 0.6 is 0 Å². The molecule has 0 aliphatic heterocycles. The van der Waals surface area contributed by atoms with Gasteiger partial charge in [0.25, 0.3) is 0 Å². The van der Waals surface area contributed by atoms with E-state index in [9.17, 15) is 35.1 Å². The molecule has 0 radical (unpaired) electrons. The van der Waals surface area contributed by atoms with Gasteiger partial charge in [-0.05, 0) is 54.2 Å². The lowest BCUT2D eigenvalue weighted by Crippen LogP contribution is -2.23. The highest BCUT2D eigenvalue weighted by molar-refractivity contribution is 5.87. The molecule has 1 heterocycles. The number of nitrogens with zero attached hydrogens (tertiary/aromatic N) is 1. The maximum absolute atomic E-state index is 13.7. The predicted molar refractivity (Wildman–Crippen MR) is 107 cm³/mol. The van der Waals surface area contributed by atoms with E-state index in [1.54, 1.807) is 6.08 Å². The van der Waals surface area contributed by atoms with Gasteiger partial charge in [0.05, 0.1) is 16.6 Å². The summed E-state index contributed by atoms with van der Waals surface area (Å²) in [6.07, 6.45) is -6.58. The van der Waals surface area contributed by atoms with E-state index >= 15 is 0 Å². The third-order valence-corrected chi connectivity index (χ3v) is 5.74. The third-order valence-electron chi connectivity index (χ3n) is 5.74. The van der Waals surface area contributed by atoms with E-state index in [1.165, 1.54) is 18.2 Å². The molecule has 0 atom stereocenters. The number of fused-ring (bicyclic) bond motifs is 1. The zero-order valence-corrected chi connectivity index (χ0v) is 17.0. The molecule has 1 N–H and O–H groups in total. The number of aromatic nitrogens is 2. The number of imidazole rings is 1. The van der Waals surface area contributed by atoms with Crippen LogP contribution < -0.4 is 0 Å². The summed E-state index contributed by atoms with van der Waals surface area (Å²) in [4.78, 5) is 6.67. The molecule has 1 saturated carbocycles. The van der Waals surface area contributed by atoms with Crippen molar-refractivity contribution in [2.45, 2.75) is 44.0 Å². The summed E-state index contributed by atoms with van der Waals surface area (Å²) in [5, 5.41) is 0. The number of rotatable bonds is 3. The fourth-order valence-corrected chi connectivity index (χ4v) is 4.05. The van der Waals surface area contributed by atoms with Crippen LogP contribution in [0.5, 0.6) is 0 Å². The van der Waals surface area contributed by atoms with Crippen LogP contribution in [0.25, 0.3) is 28.2 Å². The summed E-state index contributed by atoms with van der Waals surface area (Å²) in [6.45, 7) is 0. The number of aromatic amines is 1. The lowest BCUT2D eigenvalue weighted by Gasteiger charge is -2.26. The van der Waals surface area contributed by atoms with E-state index in [-0.39, 0.29) is 54.1 Å². The van der Waals surface area contributed by atoms with Crippen LogP contribution in [-0.4, -0.2) is 15.9 Å². The van der Waals surface area contributed by atoms with Gasteiger partial charge < -0.3 is 4.98 Å². The van der Waals surface area contributed by atoms with E-state index in [0.29, 0.717) is 6.07 Å². The number of alkyl halides is 8. The average Bonchev–Trinajstić information content (AvgIpc) is 3.13. The van der Waals surface area contributed by atoms with Gasteiger partial charge in [0, 0.05) is 12.8 Å². The quantitative estimate of drug-likeness (QED) is 0.382. The van der Waals surface area contributed by atoms with Gasteiger partial charge in [0.1, 0.15) is 11.3 Å². The van der Waals surface area contributed by atoms with Crippen LogP contribution in [-0.2, 0) is 12.4 Å². The molecule has 1 aromatic heterocycles. The highest BCUT2D eigenvalue weighted by atomic mass is 19.4. The second kappa shape index (κ2) is 8.14. The number of hydrogen-bond donors (Lipinski definition) is 1. The Bertz CT molecular complexity index is 1180. The van der Waals surface area contributed by atoms with Gasteiger partial charge >= 0.3 is 12.4 Å². The molecule has 33 heavy (non-hydrogen) atoms. The van der Waals surface area contributed by atoms with Crippen molar-refractivity contribution < 1.29 is 35.1 Å². The second-order valence-electron chi connectivity index (χ2n) is 8.14. The Balaban J connectivity index is 1.75. The van der Waals surface area contributed by atoms with Crippen molar-refractivity contribution in [2.75, 3.05) is 0 Å². The van der Waals surface area contributed by atoms with Crippen molar-refractivity contribution in [3.63, 3.8) is 0 Å².